The molecule has 2 heterocycles. The van der Waals surface area contributed by atoms with Gasteiger partial charge in [0.1, 0.15) is 18.0 Å². The van der Waals surface area contributed by atoms with E-state index in [0.29, 0.717) is 18.6 Å². The Hall–Kier alpha value is -1.36. The number of hydrogen-bond acceptors (Lipinski definition) is 5. The molecule has 1 aromatic heterocycles. The van der Waals surface area contributed by atoms with Gasteiger partial charge in [0.15, 0.2) is 0 Å². The minimum atomic E-state index is 0.431. The van der Waals surface area contributed by atoms with E-state index in [1.807, 2.05) is 0 Å². The van der Waals surface area contributed by atoms with Gasteiger partial charge in [0.05, 0.1) is 0 Å². The van der Waals surface area contributed by atoms with Gasteiger partial charge in [0.2, 0.25) is 0 Å². The molecule has 0 spiro atoms. The van der Waals surface area contributed by atoms with Crippen LogP contribution in [0.2, 0.25) is 0 Å². The molecule has 5 nitrogen and oxygen atoms in total. The Labute approximate surface area is 114 Å². The van der Waals surface area contributed by atoms with Crippen molar-refractivity contribution in [2.45, 2.75) is 50.6 Å². The molecule has 2 fully saturated rings. The number of nitrogens with one attached hydrogen (secondary N) is 1. The summed E-state index contributed by atoms with van der Waals surface area (Å²) in [5.41, 5.74) is 5.88. The molecule has 104 valence electrons. The number of aromatic nitrogens is 2. The van der Waals surface area contributed by atoms with Crippen molar-refractivity contribution in [3.63, 3.8) is 0 Å². The zero-order valence-corrected chi connectivity index (χ0v) is 11.4. The summed E-state index contributed by atoms with van der Waals surface area (Å²) in [5.74, 6) is 1.98. The maximum atomic E-state index is 5.88. The third-order valence-corrected chi connectivity index (χ3v) is 4.30. The second kappa shape index (κ2) is 5.74. The molecule has 5 heteroatoms. The normalized spacial score (nSPS) is 24.1. The van der Waals surface area contributed by atoms with E-state index in [2.05, 4.69) is 26.3 Å². The third-order valence-electron chi connectivity index (χ3n) is 4.30. The van der Waals surface area contributed by atoms with Gasteiger partial charge in [-0.1, -0.05) is 0 Å². The van der Waals surface area contributed by atoms with Gasteiger partial charge in [-0.3, -0.25) is 0 Å². The van der Waals surface area contributed by atoms with Crippen LogP contribution in [0.3, 0.4) is 0 Å². The number of anilines is 2. The summed E-state index contributed by atoms with van der Waals surface area (Å²) in [5, 5.41) is 3.48. The quantitative estimate of drug-likeness (QED) is 0.864. The topological polar surface area (TPSA) is 67.1 Å². The summed E-state index contributed by atoms with van der Waals surface area (Å²) in [7, 11) is 0. The highest BCUT2D eigenvalue weighted by Gasteiger charge is 2.23. The van der Waals surface area contributed by atoms with Crippen LogP contribution in [0.4, 0.5) is 11.6 Å². The molecule has 19 heavy (non-hydrogen) atoms. The Morgan fingerprint density at radius 2 is 2.11 bits per heavy atom. The number of nitrogens with two attached hydrogens (primary N) is 1. The van der Waals surface area contributed by atoms with E-state index in [-0.39, 0.29) is 0 Å². The molecule has 1 aliphatic carbocycles. The van der Waals surface area contributed by atoms with Crippen molar-refractivity contribution in [3.05, 3.63) is 12.4 Å². The molecule has 0 radical (unpaired) electrons. The van der Waals surface area contributed by atoms with Gasteiger partial charge in [-0.05, 0) is 38.5 Å². The van der Waals surface area contributed by atoms with E-state index in [0.717, 1.165) is 18.2 Å². The first-order chi connectivity index (χ1) is 9.36. The van der Waals surface area contributed by atoms with Gasteiger partial charge < -0.3 is 16.0 Å². The molecule has 1 atom stereocenters. The van der Waals surface area contributed by atoms with Crippen molar-refractivity contribution in [1.29, 1.82) is 0 Å². The van der Waals surface area contributed by atoms with Crippen LogP contribution in [0.25, 0.3) is 0 Å². The van der Waals surface area contributed by atoms with Gasteiger partial charge in [-0.15, -0.1) is 0 Å². The average Bonchev–Trinajstić information content (AvgIpc) is 2.43. The van der Waals surface area contributed by atoms with E-state index in [1.54, 1.807) is 6.33 Å². The van der Waals surface area contributed by atoms with Crippen LogP contribution in [0.15, 0.2) is 12.4 Å². The SMILES string of the molecule is NCC1CCCCN1c1cc(NC2CCC2)ncn1. The smallest absolute Gasteiger partial charge is 0.134 e. The highest BCUT2D eigenvalue weighted by molar-refractivity contribution is 5.50. The van der Waals surface area contributed by atoms with Crippen molar-refractivity contribution in [3.8, 4) is 0 Å². The van der Waals surface area contributed by atoms with Crippen LogP contribution in [0, 0.1) is 0 Å². The number of hydrogen-bond donors (Lipinski definition) is 2. The van der Waals surface area contributed by atoms with Crippen molar-refractivity contribution in [2.75, 3.05) is 23.3 Å². The monoisotopic (exact) mass is 261 g/mol. The maximum absolute atomic E-state index is 5.88. The molecular formula is C14H23N5. The molecule has 1 aromatic rings. The van der Waals surface area contributed by atoms with E-state index < -0.39 is 0 Å². The fourth-order valence-electron chi connectivity index (χ4n) is 2.89. The molecule has 3 rings (SSSR count). The molecular weight excluding hydrogens is 238 g/mol. The lowest BCUT2D eigenvalue weighted by Crippen LogP contribution is -2.44. The van der Waals surface area contributed by atoms with Gasteiger partial charge in [0, 0.05) is 31.2 Å². The maximum Gasteiger partial charge on any atom is 0.134 e. The van der Waals surface area contributed by atoms with Crippen LogP contribution in [0.1, 0.15) is 38.5 Å². The summed E-state index contributed by atoms with van der Waals surface area (Å²) in [6.45, 7) is 1.76. The summed E-state index contributed by atoms with van der Waals surface area (Å²) in [6.07, 6.45) is 9.19. The zero-order valence-electron chi connectivity index (χ0n) is 11.4. The van der Waals surface area contributed by atoms with Crippen LogP contribution in [-0.2, 0) is 0 Å². The Kier molecular flexibility index (Phi) is 3.82. The molecule has 1 saturated heterocycles. The minimum Gasteiger partial charge on any atom is -0.367 e. The molecule has 0 aromatic carbocycles. The largest absolute Gasteiger partial charge is 0.367 e. The van der Waals surface area contributed by atoms with Gasteiger partial charge >= 0.3 is 0 Å². The molecule has 3 N–H and O–H groups in total. The van der Waals surface area contributed by atoms with Crippen LogP contribution in [0.5, 0.6) is 0 Å². The molecule has 0 amide bonds. The molecule has 2 aliphatic rings. The van der Waals surface area contributed by atoms with E-state index in [4.69, 9.17) is 5.73 Å². The molecule has 1 aliphatic heterocycles. The van der Waals surface area contributed by atoms with Gasteiger partial charge in [-0.2, -0.15) is 0 Å². The lowest BCUT2D eigenvalue weighted by Gasteiger charge is -2.36. The van der Waals surface area contributed by atoms with Crippen LogP contribution < -0.4 is 16.0 Å². The van der Waals surface area contributed by atoms with Crippen molar-refractivity contribution in [2.24, 2.45) is 5.73 Å². The minimum absolute atomic E-state index is 0.431. The predicted molar refractivity (Wildman–Crippen MR) is 77.3 cm³/mol. The predicted octanol–water partition coefficient (Wildman–Crippen LogP) is 1.76. The molecule has 0 bridgehead atoms. The number of nitrogens with zero attached hydrogens (tertiary/aromatic N) is 3. The Balaban J connectivity index is 1.73. The summed E-state index contributed by atoms with van der Waals surface area (Å²) >= 11 is 0. The first kappa shape index (κ1) is 12.7. The van der Waals surface area contributed by atoms with Gasteiger partial charge in [-0.25, -0.2) is 9.97 Å². The third kappa shape index (κ3) is 2.81. The van der Waals surface area contributed by atoms with Crippen LogP contribution in [-0.4, -0.2) is 35.1 Å². The Morgan fingerprint density at radius 1 is 1.21 bits per heavy atom. The number of piperidine rings is 1. The lowest BCUT2D eigenvalue weighted by molar-refractivity contribution is 0.444. The highest BCUT2D eigenvalue weighted by atomic mass is 15.2. The fraction of sp³-hybridized carbons (Fsp3) is 0.714. The summed E-state index contributed by atoms with van der Waals surface area (Å²) in [4.78, 5) is 11.1. The van der Waals surface area contributed by atoms with E-state index in [1.165, 1.54) is 38.5 Å². The zero-order chi connectivity index (χ0) is 13.1. The first-order valence-electron chi connectivity index (χ1n) is 7.42. The number of rotatable bonds is 4. The Bertz CT molecular complexity index is 418. The van der Waals surface area contributed by atoms with Gasteiger partial charge in [0.25, 0.3) is 0 Å². The van der Waals surface area contributed by atoms with Crippen LogP contribution >= 0.6 is 0 Å². The molecule has 1 unspecified atom stereocenters. The second-order valence-corrected chi connectivity index (χ2v) is 5.61. The van der Waals surface area contributed by atoms with Crippen molar-refractivity contribution < 1.29 is 0 Å². The standard InChI is InChI=1S/C14H23N5/c15-9-12-6-1-2-7-19(12)14-8-13(16-10-17-14)18-11-4-3-5-11/h8,10-12H,1-7,9,15H2,(H,16,17,18). The lowest BCUT2D eigenvalue weighted by atomic mass is 9.93. The van der Waals surface area contributed by atoms with E-state index >= 15 is 0 Å². The average molecular weight is 261 g/mol. The summed E-state index contributed by atoms with van der Waals surface area (Å²) < 4.78 is 0. The van der Waals surface area contributed by atoms with Crippen molar-refractivity contribution >= 4 is 11.6 Å². The molecule has 1 saturated carbocycles. The Morgan fingerprint density at radius 3 is 2.84 bits per heavy atom. The fourth-order valence-corrected chi connectivity index (χ4v) is 2.89. The highest BCUT2D eigenvalue weighted by Crippen LogP contribution is 2.26. The summed E-state index contributed by atoms with van der Waals surface area (Å²) in [6, 6.07) is 3.11. The van der Waals surface area contributed by atoms with Crippen molar-refractivity contribution in [1.82, 2.24) is 9.97 Å². The second-order valence-electron chi connectivity index (χ2n) is 5.61. The van der Waals surface area contributed by atoms with E-state index in [9.17, 15) is 0 Å². The first-order valence-corrected chi connectivity index (χ1v) is 7.42.